The molecule has 2 N–H and O–H groups in total. The van der Waals surface area contributed by atoms with Crippen LogP contribution in [0.3, 0.4) is 0 Å². The minimum atomic E-state index is -4.83. The van der Waals surface area contributed by atoms with Crippen LogP contribution in [0.25, 0.3) is 11.0 Å². The van der Waals surface area contributed by atoms with Gasteiger partial charge in [0.1, 0.15) is 34.4 Å². The van der Waals surface area contributed by atoms with Gasteiger partial charge in [-0.15, -0.1) is 0 Å². The summed E-state index contributed by atoms with van der Waals surface area (Å²) in [4.78, 5) is 40.1. The van der Waals surface area contributed by atoms with Gasteiger partial charge in [-0.3, -0.25) is 4.79 Å². The molecule has 1 atom stereocenters. The van der Waals surface area contributed by atoms with Gasteiger partial charge in [-0.2, -0.15) is 13.2 Å². The zero-order chi connectivity index (χ0) is 28.7. The molecular weight excluding hydrogens is 520 g/mol. The number of alkyl halides is 3. The molecule has 1 aliphatic rings. The van der Waals surface area contributed by atoms with E-state index < -0.39 is 40.9 Å². The van der Waals surface area contributed by atoms with Crippen LogP contribution in [0.1, 0.15) is 50.7 Å². The number of carbonyl (C=O) groups excluding carboxylic acids is 1. The van der Waals surface area contributed by atoms with Crippen LogP contribution in [-0.2, 0) is 10.9 Å². The van der Waals surface area contributed by atoms with Gasteiger partial charge < -0.3 is 24.8 Å². The Kier molecular flexibility index (Phi) is 7.46. The Morgan fingerprint density at radius 3 is 2.41 bits per heavy atom. The van der Waals surface area contributed by atoms with Crippen molar-refractivity contribution in [2.45, 2.75) is 52.4 Å². The highest BCUT2D eigenvalue weighted by Gasteiger charge is 2.35. The summed E-state index contributed by atoms with van der Waals surface area (Å²) in [6.07, 6.45) is -5.26. The molecule has 1 aromatic carbocycles. The molecule has 0 radical (unpaired) electrons. The smallest absolute Gasteiger partial charge is 0.419 e. The number of amides is 1. The first kappa shape index (κ1) is 28.1. The van der Waals surface area contributed by atoms with E-state index in [4.69, 9.17) is 4.74 Å². The van der Waals surface area contributed by atoms with E-state index in [2.05, 4.69) is 20.3 Å². The van der Waals surface area contributed by atoms with Crippen molar-refractivity contribution in [1.29, 1.82) is 0 Å². The van der Waals surface area contributed by atoms with Crippen molar-refractivity contribution in [3.63, 3.8) is 0 Å². The van der Waals surface area contributed by atoms with Crippen LogP contribution >= 0.6 is 0 Å². The third-order valence-electron chi connectivity index (χ3n) is 6.23. The Labute approximate surface area is 222 Å². The number of anilines is 2. The van der Waals surface area contributed by atoms with Crippen molar-refractivity contribution in [2.75, 3.05) is 36.4 Å². The minimum Gasteiger partial charge on any atom is -0.444 e. The number of hydrogen-bond donors (Lipinski definition) is 2. The second-order valence-electron chi connectivity index (χ2n) is 10.4. The molecule has 2 aromatic heterocycles. The number of benzene rings is 1. The molecule has 13 heteroatoms. The number of hydrogen-bond acceptors (Lipinski definition) is 7. The van der Waals surface area contributed by atoms with E-state index in [0.717, 1.165) is 6.07 Å². The number of rotatable bonds is 4. The Bertz CT molecular complexity index is 1440. The highest BCUT2D eigenvalue weighted by molar-refractivity contribution is 5.89. The highest BCUT2D eigenvalue weighted by atomic mass is 19.4. The van der Waals surface area contributed by atoms with Crippen molar-refractivity contribution >= 4 is 28.6 Å². The van der Waals surface area contributed by atoms with Crippen molar-refractivity contribution < 1.29 is 27.1 Å². The molecule has 0 spiro atoms. The van der Waals surface area contributed by atoms with Gasteiger partial charge >= 0.3 is 12.3 Å². The number of piperazine rings is 1. The van der Waals surface area contributed by atoms with Gasteiger partial charge in [0.05, 0.1) is 17.0 Å². The number of aryl methyl sites for hydroxylation is 1. The number of H-pyrrole nitrogens is 1. The molecule has 0 bridgehead atoms. The molecule has 0 saturated carbocycles. The summed E-state index contributed by atoms with van der Waals surface area (Å²) in [7, 11) is 0. The molecule has 0 aliphatic carbocycles. The van der Waals surface area contributed by atoms with E-state index in [9.17, 15) is 27.2 Å². The number of nitrogens with zero attached hydrogens (tertiary/aromatic N) is 4. The maximum atomic E-state index is 14.8. The number of ether oxygens (including phenoxy) is 1. The molecule has 4 rings (SSSR count). The van der Waals surface area contributed by atoms with Gasteiger partial charge in [-0.05, 0) is 46.8 Å². The zero-order valence-electron chi connectivity index (χ0n) is 22.2. The van der Waals surface area contributed by atoms with Crippen LogP contribution in [0.5, 0.6) is 0 Å². The third-order valence-corrected chi connectivity index (χ3v) is 6.23. The normalized spacial score (nSPS) is 15.4. The molecular formula is C26H30F4N6O3. The van der Waals surface area contributed by atoms with Gasteiger partial charge in [0, 0.05) is 31.7 Å². The number of carbonyl (C=O) groups is 1. The zero-order valence-corrected chi connectivity index (χ0v) is 22.2. The van der Waals surface area contributed by atoms with E-state index in [1.165, 1.54) is 13.0 Å². The van der Waals surface area contributed by atoms with Gasteiger partial charge in [-0.1, -0.05) is 12.1 Å². The predicted octanol–water partition coefficient (Wildman–Crippen LogP) is 5.01. The number of fused-ring (bicyclic) bond motifs is 1. The molecule has 3 aromatic rings. The molecule has 1 amide bonds. The standard InChI is InChI=1S/C26H30F4N6O3/c1-14(16-7-6-8-18(20(16)27)26(28,29)30)31-21-17-13-19(23(37)34-22(17)33-15(2)32-21)35-9-11-36(12-10-35)24(38)39-25(3,4)5/h6-8,13-14H,9-12H2,1-5H3,(H2,31,32,33,34,37)/t14-/m1/s1. The van der Waals surface area contributed by atoms with Crippen LogP contribution in [0.4, 0.5) is 33.9 Å². The van der Waals surface area contributed by atoms with E-state index in [1.54, 1.807) is 38.7 Å². The summed E-state index contributed by atoms with van der Waals surface area (Å²) in [5.41, 5.74) is -2.01. The maximum absolute atomic E-state index is 14.8. The van der Waals surface area contributed by atoms with Gasteiger partial charge in [0.2, 0.25) is 0 Å². The second-order valence-corrected chi connectivity index (χ2v) is 10.4. The van der Waals surface area contributed by atoms with E-state index in [0.29, 0.717) is 49.1 Å². The quantitative estimate of drug-likeness (QED) is 0.440. The molecule has 1 saturated heterocycles. The SMILES string of the molecule is Cc1nc(N[C@H](C)c2cccc(C(F)(F)F)c2F)c2cc(N3CCN(C(=O)OC(C)(C)C)CC3)c(=O)[nH]c2n1. The van der Waals surface area contributed by atoms with E-state index in [1.807, 2.05) is 4.90 Å². The topological polar surface area (TPSA) is 103 Å². The number of halogens is 4. The Morgan fingerprint density at radius 1 is 1.13 bits per heavy atom. The first-order valence-corrected chi connectivity index (χ1v) is 12.4. The van der Waals surface area contributed by atoms with Crippen LogP contribution in [0.15, 0.2) is 29.1 Å². The fourth-order valence-electron chi connectivity index (χ4n) is 4.37. The third kappa shape index (κ3) is 6.23. The minimum absolute atomic E-state index is 0.183. The second kappa shape index (κ2) is 10.3. The molecule has 9 nitrogen and oxygen atoms in total. The van der Waals surface area contributed by atoms with Crippen molar-refractivity contribution in [3.05, 3.63) is 57.4 Å². The van der Waals surface area contributed by atoms with Crippen LogP contribution < -0.4 is 15.8 Å². The van der Waals surface area contributed by atoms with Gasteiger partial charge in [0.25, 0.3) is 5.56 Å². The maximum Gasteiger partial charge on any atom is 0.419 e. The van der Waals surface area contributed by atoms with Crippen LogP contribution in [0.2, 0.25) is 0 Å². The number of pyridine rings is 1. The monoisotopic (exact) mass is 550 g/mol. The summed E-state index contributed by atoms with van der Waals surface area (Å²) in [5.74, 6) is -0.833. The highest BCUT2D eigenvalue weighted by Crippen LogP contribution is 2.35. The van der Waals surface area contributed by atoms with Gasteiger partial charge in [-0.25, -0.2) is 19.2 Å². The summed E-state index contributed by atoms with van der Waals surface area (Å²) in [5, 5.41) is 3.39. The lowest BCUT2D eigenvalue weighted by Crippen LogP contribution is -2.51. The summed E-state index contributed by atoms with van der Waals surface area (Å²) < 4.78 is 59.9. The molecule has 3 heterocycles. The lowest BCUT2D eigenvalue weighted by atomic mass is 10.0. The van der Waals surface area contributed by atoms with E-state index in [-0.39, 0.29) is 17.0 Å². The average molecular weight is 551 g/mol. The van der Waals surface area contributed by atoms with Crippen LogP contribution in [-0.4, -0.2) is 57.7 Å². The van der Waals surface area contributed by atoms with Gasteiger partial charge in [0.15, 0.2) is 0 Å². The predicted molar refractivity (Wildman–Crippen MR) is 138 cm³/mol. The van der Waals surface area contributed by atoms with Crippen molar-refractivity contribution in [3.8, 4) is 0 Å². The average Bonchev–Trinajstić information content (AvgIpc) is 2.82. The summed E-state index contributed by atoms with van der Waals surface area (Å²) in [6, 6.07) is 3.81. The first-order chi connectivity index (χ1) is 18.1. The largest absolute Gasteiger partial charge is 0.444 e. The summed E-state index contributed by atoms with van der Waals surface area (Å²) in [6.45, 7) is 9.90. The number of aromatic amines is 1. The first-order valence-electron chi connectivity index (χ1n) is 12.4. The number of nitrogens with one attached hydrogen (secondary N) is 2. The Morgan fingerprint density at radius 2 is 1.79 bits per heavy atom. The molecule has 210 valence electrons. The van der Waals surface area contributed by atoms with Crippen LogP contribution in [0, 0.1) is 12.7 Å². The van der Waals surface area contributed by atoms with E-state index >= 15 is 0 Å². The molecule has 1 fully saturated rings. The summed E-state index contributed by atoms with van der Waals surface area (Å²) >= 11 is 0. The fraction of sp³-hybridized carbons (Fsp3) is 0.462. The van der Waals surface area contributed by atoms with Crippen molar-refractivity contribution in [2.24, 2.45) is 0 Å². The Balaban J connectivity index is 1.62. The van der Waals surface area contributed by atoms with Crippen molar-refractivity contribution in [1.82, 2.24) is 19.9 Å². The number of aromatic nitrogens is 3. The Hall–Kier alpha value is -3.90. The molecule has 39 heavy (non-hydrogen) atoms. The fourth-order valence-corrected chi connectivity index (χ4v) is 4.37. The molecule has 0 unspecified atom stereocenters. The lowest BCUT2D eigenvalue weighted by molar-refractivity contribution is -0.140. The lowest BCUT2D eigenvalue weighted by Gasteiger charge is -2.36. The molecule has 1 aliphatic heterocycles.